The molecule has 1 heterocycles. The lowest BCUT2D eigenvalue weighted by Crippen LogP contribution is -2.59. The third-order valence-corrected chi connectivity index (χ3v) is 4.88. The molecule has 30 heavy (non-hydrogen) atoms. The van der Waals surface area contributed by atoms with E-state index in [1.807, 2.05) is 5.32 Å². The van der Waals surface area contributed by atoms with Gasteiger partial charge in [0, 0.05) is 17.2 Å². The molecule has 1 saturated heterocycles. The average molecular weight is 466 g/mol. The monoisotopic (exact) mass is 465 g/mol. The van der Waals surface area contributed by atoms with E-state index in [1.54, 1.807) is 18.2 Å². The van der Waals surface area contributed by atoms with Crippen molar-refractivity contribution in [1.82, 2.24) is 10.6 Å². The molecule has 1 aromatic rings. The molecule has 0 aliphatic carbocycles. The van der Waals surface area contributed by atoms with Crippen LogP contribution >= 0.6 is 23.2 Å². The summed E-state index contributed by atoms with van der Waals surface area (Å²) in [5.41, 5.74) is 0.366. The molecule has 13 heteroatoms. The topological polar surface area (TPSA) is 170 Å². The minimum atomic E-state index is -1.57. The van der Waals surface area contributed by atoms with Crippen molar-refractivity contribution in [2.75, 3.05) is 13.7 Å². The molecule has 1 aromatic carbocycles. The Morgan fingerprint density at radius 3 is 2.37 bits per heavy atom. The molecule has 1 fully saturated rings. The highest BCUT2D eigenvalue weighted by molar-refractivity contribution is 6.36. The van der Waals surface area contributed by atoms with E-state index in [1.165, 1.54) is 7.11 Å². The van der Waals surface area contributed by atoms with Gasteiger partial charge in [0.15, 0.2) is 6.29 Å². The number of rotatable bonds is 5. The lowest BCUT2D eigenvalue weighted by atomic mass is 9.99. The Bertz CT molecular complexity index is 774. The molecule has 2 rings (SSSR count). The van der Waals surface area contributed by atoms with Crippen LogP contribution in [-0.2, 0) is 25.4 Å². The Balaban J connectivity index is 1.80. The number of ether oxygens (including phenoxy) is 3. The van der Waals surface area contributed by atoms with Crippen LogP contribution in [-0.4, -0.2) is 77.7 Å². The molecule has 1 aliphatic rings. The predicted octanol–water partition coefficient (Wildman–Crippen LogP) is -0.233. The second kappa shape index (κ2) is 10.9. The molecule has 5 atom stereocenters. The van der Waals surface area contributed by atoms with Gasteiger partial charge < -0.3 is 29.5 Å². The minimum absolute atomic E-state index is 0.224. The number of halogens is 2. The van der Waals surface area contributed by atoms with Gasteiger partial charge in [-0.3, -0.25) is 20.8 Å². The summed E-state index contributed by atoms with van der Waals surface area (Å²) in [6, 6.07) is 4.73. The third kappa shape index (κ3) is 6.25. The zero-order chi connectivity index (χ0) is 22.4. The summed E-state index contributed by atoms with van der Waals surface area (Å²) in [6.45, 7) is -0.521. The molecule has 1 aliphatic heterocycles. The molecule has 0 radical (unpaired) electrons. The number of carbonyl (C=O) groups excluding carboxylic acids is 2. The van der Waals surface area contributed by atoms with Crippen molar-refractivity contribution in [3.05, 3.63) is 33.8 Å². The summed E-state index contributed by atoms with van der Waals surface area (Å²) < 4.78 is 14.9. The van der Waals surface area contributed by atoms with Crippen LogP contribution < -0.4 is 10.6 Å². The highest BCUT2D eigenvalue weighted by Crippen LogP contribution is 2.24. The Kier molecular flexibility index (Phi) is 8.79. The first kappa shape index (κ1) is 24.3. The van der Waals surface area contributed by atoms with E-state index in [4.69, 9.17) is 42.8 Å². The fourth-order valence-electron chi connectivity index (χ4n) is 2.62. The van der Waals surface area contributed by atoms with Gasteiger partial charge in [-0.05, 0) is 17.7 Å². The number of benzene rings is 1. The van der Waals surface area contributed by atoms with Crippen molar-refractivity contribution < 1.29 is 39.1 Å². The zero-order valence-electron chi connectivity index (χ0n) is 15.7. The fraction of sp³-hybridized carbons (Fsp3) is 0.471. The second-order valence-electron chi connectivity index (χ2n) is 6.27. The smallest absolute Gasteiger partial charge is 0.414 e. The van der Waals surface area contributed by atoms with Gasteiger partial charge in [-0.1, -0.05) is 29.3 Å². The number of carbonyl (C=O) groups is 2. The molecule has 0 aromatic heterocycles. The molecule has 6 N–H and O–H groups in total. The van der Waals surface area contributed by atoms with Crippen molar-refractivity contribution in [3.8, 4) is 0 Å². The van der Waals surface area contributed by atoms with E-state index >= 15 is 0 Å². The van der Waals surface area contributed by atoms with Crippen LogP contribution in [0.15, 0.2) is 18.2 Å². The van der Waals surface area contributed by atoms with Gasteiger partial charge >= 0.3 is 6.09 Å². The molecule has 11 nitrogen and oxygen atoms in total. The Morgan fingerprint density at radius 2 is 1.77 bits per heavy atom. The first-order chi connectivity index (χ1) is 14.1. The van der Waals surface area contributed by atoms with Crippen LogP contribution in [0.3, 0.4) is 0 Å². The maximum atomic E-state index is 12.0. The van der Waals surface area contributed by atoms with Crippen molar-refractivity contribution in [2.24, 2.45) is 0 Å². The minimum Gasteiger partial charge on any atom is -0.446 e. The summed E-state index contributed by atoms with van der Waals surface area (Å²) in [5, 5.41) is 41.6. The number of nitrogens with one attached hydrogen (secondary N) is 3. The molecule has 2 amide bonds. The van der Waals surface area contributed by atoms with Crippen molar-refractivity contribution in [3.63, 3.8) is 0 Å². The molecule has 166 valence electrons. The predicted molar refractivity (Wildman–Crippen MR) is 104 cm³/mol. The van der Waals surface area contributed by atoms with Gasteiger partial charge in [0.25, 0.3) is 0 Å². The molecular weight excluding hydrogens is 445 g/mol. The lowest BCUT2D eigenvalue weighted by molar-refractivity contribution is -0.294. The quantitative estimate of drug-likeness (QED) is 0.255. The maximum Gasteiger partial charge on any atom is 0.414 e. The highest BCUT2D eigenvalue weighted by atomic mass is 35.5. The van der Waals surface area contributed by atoms with E-state index in [2.05, 4.69) is 5.32 Å². The summed E-state index contributed by atoms with van der Waals surface area (Å²) in [6.07, 6.45) is -8.36. The Labute approximate surface area is 181 Å². The highest BCUT2D eigenvalue weighted by Gasteiger charge is 2.44. The Morgan fingerprint density at radius 1 is 1.13 bits per heavy atom. The van der Waals surface area contributed by atoms with Crippen LogP contribution in [0.2, 0.25) is 10.0 Å². The van der Waals surface area contributed by atoms with Gasteiger partial charge in [-0.15, -0.1) is 0 Å². The molecule has 0 bridgehead atoms. The number of hydrogen-bond donors (Lipinski definition) is 6. The van der Waals surface area contributed by atoms with E-state index in [-0.39, 0.29) is 16.5 Å². The number of amides is 2. The number of aliphatic hydroxyl groups excluding tert-OH is 3. The summed E-state index contributed by atoms with van der Waals surface area (Å²) in [5.74, 6) is -1.31. The van der Waals surface area contributed by atoms with E-state index in [0.717, 1.165) is 0 Å². The number of methoxy groups -OCH3 is 1. The molecule has 0 saturated carbocycles. The van der Waals surface area contributed by atoms with Gasteiger partial charge in [-0.25, -0.2) is 4.79 Å². The maximum absolute atomic E-state index is 12.0. The van der Waals surface area contributed by atoms with Crippen LogP contribution in [0, 0.1) is 5.41 Å². The number of alkyl carbamates (subject to hydrolysis) is 1. The van der Waals surface area contributed by atoms with Gasteiger partial charge in [0.1, 0.15) is 31.0 Å². The van der Waals surface area contributed by atoms with Gasteiger partial charge in [0.05, 0.1) is 6.42 Å². The van der Waals surface area contributed by atoms with E-state index < -0.39 is 55.3 Å². The van der Waals surface area contributed by atoms with E-state index in [0.29, 0.717) is 5.56 Å². The largest absolute Gasteiger partial charge is 0.446 e. The number of aliphatic hydroxyl groups is 3. The van der Waals surface area contributed by atoms with Crippen LogP contribution in [0.4, 0.5) is 4.79 Å². The Hall–Kier alpha value is -1.99. The fourth-order valence-corrected chi connectivity index (χ4v) is 3.15. The summed E-state index contributed by atoms with van der Waals surface area (Å²) in [7, 11) is 1.22. The SMILES string of the molecule is CO[C@H]1OC(COC(=O)NC(=N)NC(=O)Cc2c(Cl)cccc2Cl)[C@@H](O)C(O)[C@H]1O. The number of guanidine groups is 1. The molecule has 0 spiro atoms. The average Bonchev–Trinajstić information content (AvgIpc) is 2.68. The van der Waals surface area contributed by atoms with Crippen LogP contribution in [0.5, 0.6) is 0 Å². The van der Waals surface area contributed by atoms with Crippen molar-refractivity contribution >= 4 is 41.2 Å². The zero-order valence-corrected chi connectivity index (χ0v) is 17.2. The van der Waals surface area contributed by atoms with Gasteiger partial charge in [-0.2, -0.15) is 0 Å². The van der Waals surface area contributed by atoms with Crippen LogP contribution in [0.1, 0.15) is 5.56 Å². The number of hydrogen-bond acceptors (Lipinski definition) is 9. The first-order valence-corrected chi connectivity index (χ1v) is 9.37. The molecular formula is C17H21Cl2N3O8. The second-order valence-corrected chi connectivity index (χ2v) is 7.09. The van der Waals surface area contributed by atoms with Crippen molar-refractivity contribution in [2.45, 2.75) is 37.1 Å². The standard InChI is InChI=1S/C17H21Cl2N3O8/c1-28-15-14(26)13(25)12(24)10(30-15)6-29-17(27)22-16(20)21-11(23)5-7-8(18)3-2-4-9(7)19/h2-4,10,12-15,24-26H,5-6H2,1H3,(H3,20,21,22,23,27)/t10?,12-,13?,14-,15+/m1/s1. The summed E-state index contributed by atoms with van der Waals surface area (Å²) >= 11 is 12.0. The molecule has 2 unspecified atom stereocenters. The summed E-state index contributed by atoms with van der Waals surface area (Å²) in [4.78, 5) is 23.8. The first-order valence-electron chi connectivity index (χ1n) is 8.61. The third-order valence-electron chi connectivity index (χ3n) is 4.17. The normalized spacial score (nSPS) is 26.0. The van der Waals surface area contributed by atoms with E-state index in [9.17, 15) is 24.9 Å². The van der Waals surface area contributed by atoms with Crippen molar-refractivity contribution in [1.29, 1.82) is 5.41 Å². The van der Waals surface area contributed by atoms with Gasteiger partial charge in [0.2, 0.25) is 11.9 Å². The lowest BCUT2D eigenvalue weighted by Gasteiger charge is -2.39. The van der Waals surface area contributed by atoms with Crippen LogP contribution in [0.25, 0.3) is 0 Å².